The Hall–Kier alpha value is -1.93. The van der Waals surface area contributed by atoms with Gasteiger partial charge in [0, 0.05) is 9.79 Å². The second-order valence-electron chi connectivity index (χ2n) is 3.74. The summed E-state index contributed by atoms with van der Waals surface area (Å²) in [4.78, 5) is 1.39. The molecule has 96 valence electrons. The highest BCUT2D eigenvalue weighted by Crippen LogP contribution is 2.35. The van der Waals surface area contributed by atoms with Crippen molar-refractivity contribution in [2.24, 2.45) is 0 Å². The molecule has 5 heteroatoms. The second-order valence-corrected chi connectivity index (χ2v) is 4.85. The van der Waals surface area contributed by atoms with Crippen LogP contribution in [0.4, 0.5) is 13.2 Å². The maximum Gasteiger partial charge on any atom is 0.416 e. The van der Waals surface area contributed by atoms with E-state index in [9.17, 15) is 13.2 Å². The average molecular weight is 279 g/mol. The van der Waals surface area contributed by atoms with E-state index in [1.807, 2.05) is 36.4 Å². The molecule has 2 aromatic rings. The molecule has 0 spiro atoms. The number of hydrogen-bond acceptors (Lipinski definition) is 2. The first-order valence-electron chi connectivity index (χ1n) is 5.35. The molecule has 0 aliphatic heterocycles. The van der Waals surface area contributed by atoms with Crippen molar-refractivity contribution < 1.29 is 13.2 Å². The Bertz CT molecular complexity index is 615. The molecule has 2 rings (SSSR count). The fraction of sp³-hybridized carbons (Fsp3) is 0.0714. The lowest BCUT2D eigenvalue weighted by Crippen LogP contribution is -2.05. The Kier molecular flexibility index (Phi) is 3.82. The van der Waals surface area contributed by atoms with E-state index in [0.29, 0.717) is 4.90 Å². The largest absolute Gasteiger partial charge is 0.416 e. The van der Waals surface area contributed by atoms with E-state index in [0.717, 1.165) is 17.0 Å². The van der Waals surface area contributed by atoms with Gasteiger partial charge in [0.05, 0.1) is 11.1 Å². The molecule has 0 atom stereocenters. The number of nitriles is 1. The number of nitrogens with zero attached hydrogens (tertiary/aromatic N) is 1. The van der Waals surface area contributed by atoms with Crippen LogP contribution in [0.1, 0.15) is 11.1 Å². The van der Waals surface area contributed by atoms with Gasteiger partial charge in [0.1, 0.15) is 6.07 Å². The molecule has 0 unspecified atom stereocenters. The van der Waals surface area contributed by atoms with E-state index >= 15 is 0 Å². The predicted molar refractivity (Wildman–Crippen MR) is 66.7 cm³/mol. The fourth-order valence-electron chi connectivity index (χ4n) is 1.50. The number of hydrogen-bond donors (Lipinski definition) is 0. The minimum absolute atomic E-state index is 0.0312. The van der Waals surface area contributed by atoms with Crippen molar-refractivity contribution in [3.8, 4) is 6.07 Å². The number of halogens is 3. The van der Waals surface area contributed by atoms with E-state index in [4.69, 9.17) is 5.26 Å². The summed E-state index contributed by atoms with van der Waals surface area (Å²) in [5.41, 5.74) is -0.773. The zero-order valence-electron chi connectivity index (χ0n) is 9.61. The van der Waals surface area contributed by atoms with Crippen molar-refractivity contribution in [3.63, 3.8) is 0 Å². The highest BCUT2D eigenvalue weighted by molar-refractivity contribution is 7.99. The summed E-state index contributed by atoms with van der Waals surface area (Å²) in [6.45, 7) is 0. The van der Waals surface area contributed by atoms with Gasteiger partial charge >= 0.3 is 6.18 Å². The minimum Gasteiger partial charge on any atom is -0.192 e. The molecule has 1 nitrogen and oxygen atoms in total. The third kappa shape index (κ3) is 3.30. The zero-order valence-corrected chi connectivity index (χ0v) is 10.4. The molecule has 0 heterocycles. The van der Waals surface area contributed by atoms with E-state index in [-0.39, 0.29) is 5.56 Å². The zero-order chi connectivity index (χ0) is 13.9. The molecule has 0 saturated carbocycles. The summed E-state index contributed by atoms with van der Waals surface area (Å²) >= 11 is 1.27. The van der Waals surface area contributed by atoms with Gasteiger partial charge in [-0.15, -0.1) is 0 Å². The highest BCUT2D eigenvalue weighted by atomic mass is 32.2. The number of alkyl halides is 3. The van der Waals surface area contributed by atoms with Crippen LogP contribution in [0.25, 0.3) is 0 Å². The van der Waals surface area contributed by atoms with Gasteiger partial charge in [-0.05, 0) is 30.3 Å². The standard InChI is InChI=1S/C14H8F3NS/c15-14(16,17)11-6-7-13(10(8-11)9-18)19-12-4-2-1-3-5-12/h1-8H. The molecule has 0 N–H and O–H groups in total. The first-order valence-corrected chi connectivity index (χ1v) is 6.16. The molecule has 0 aromatic heterocycles. The summed E-state index contributed by atoms with van der Waals surface area (Å²) in [6.07, 6.45) is -4.43. The van der Waals surface area contributed by atoms with Gasteiger partial charge in [0.25, 0.3) is 0 Å². The van der Waals surface area contributed by atoms with Crippen molar-refractivity contribution in [3.05, 3.63) is 59.7 Å². The van der Waals surface area contributed by atoms with Crippen LogP contribution in [-0.4, -0.2) is 0 Å². The molecular formula is C14H8F3NS. The van der Waals surface area contributed by atoms with Crippen LogP contribution >= 0.6 is 11.8 Å². The maximum atomic E-state index is 12.5. The van der Waals surface area contributed by atoms with Crippen molar-refractivity contribution in [1.29, 1.82) is 5.26 Å². The van der Waals surface area contributed by atoms with Crippen molar-refractivity contribution >= 4 is 11.8 Å². The number of benzene rings is 2. The first kappa shape index (κ1) is 13.5. The third-order valence-corrected chi connectivity index (χ3v) is 3.48. The lowest BCUT2D eigenvalue weighted by atomic mass is 10.1. The Labute approximate surface area is 112 Å². The van der Waals surface area contributed by atoms with E-state index in [1.165, 1.54) is 17.8 Å². The smallest absolute Gasteiger partial charge is 0.192 e. The summed E-state index contributed by atoms with van der Waals surface area (Å²) in [5, 5.41) is 8.96. The Morgan fingerprint density at radius 1 is 1.00 bits per heavy atom. The lowest BCUT2D eigenvalue weighted by Gasteiger charge is -2.09. The first-order chi connectivity index (χ1) is 9.00. The lowest BCUT2D eigenvalue weighted by molar-refractivity contribution is -0.137. The van der Waals surface area contributed by atoms with E-state index < -0.39 is 11.7 Å². The molecule has 0 amide bonds. The normalized spacial score (nSPS) is 11.1. The average Bonchev–Trinajstić information content (AvgIpc) is 2.39. The molecular weight excluding hydrogens is 271 g/mol. The van der Waals surface area contributed by atoms with Gasteiger partial charge in [0.15, 0.2) is 0 Å². The van der Waals surface area contributed by atoms with E-state index in [1.54, 1.807) is 0 Å². The van der Waals surface area contributed by atoms with Gasteiger partial charge in [0.2, 0.25) is 0 Å². The molecule has 0 bridgehead atoms. The second kappa shape index (κ2) is 5.37. The molecule has 0 aliphatic carbocycles. The maximum absolute atomic E-state index is 12.5. The Balaban J connectivity index is 2.35. The number of rotatable bonds is 2. The van der Waals surface area contributed by atoms with Crippen molar-refractivity contribution in [1.82, 2.24) is 0 Å². The Morgan fingerprint density at radius 3 is 2.26 bits per heavy atom. The van der Waals surface area contributed by atoms with Gasteiger partial charge in [-0.2, -0.15) is 18.4 Å². The van der Waals surface area contributed by atoms with Crippen LogP contribution in [0.15, 0.2) is 58.3 Å². The SMILES string of the molecule is N#Cc1cc(C(F)(F)F)ccc1Sc1ccccc1. The predicted octanol–water partition coefficient (Wildman–Crippen LogP) is 4.73. The van der Waals surface area contributed by atoms with Crippen LogP contribution in [-0.2, 0) is 6.18 Å². The van der Waals surface area contributed by atoms with Crippen LogP contribution in [0.5, 0.6) is 0 Å². The van der Waals surface area contributed by atoms with Crippen molar-refractivity contribution in [2.45, 2.75) is 16.0 Å². The topological polar surface area (TPSA) is 23.8 Å². The summed E-state index contributed by atoms with van der Waals surface area (Å²) < 4.78 is 37.6. The highest BCUT2D eigenvalue weighted by Gasteiger charge is 2.31. The molecule has 0 aliphatic rings. The third-order valence-electron chi connectivity index (χ3n) is 2.40. The molecule has 2 aromatic carbocycles. The van der Waals surface area contributed by atoms with Crippen LogP contribution in [0.2, 0.25) is 0 Å². The van der Waals surface area contributed by atoms with Gasteiger partial charge in [-0.25, -0.2) is 0 Å². The molecule has 0 saturated heterocycles. The van der Waals surface area contributed by atoms with Crippen LogP contribution in [0, 0.1) is 11.3 Å². The molecule has 19 heavy (non-hydrogen) atoms. The van der Waals surface area contributed by atoms with E-state index in [2.05, 4.69) is 0 Å². The van der Waals surface area contributed by atoms with Crippen molar-refractivity contribution in [2.75, 3.05) is 0 Å². The molecule has 0 radical (unpaired) electrons. The quantitative estimate of drug-likeness (QED) is 0.793. The monoisotopic (exact) mass is 279 g/mol. The minimum atomic E-state index is -4.43. The fourth-order valence-corrected chi connectivity index (χ4v) is 2.40. The summed E-state index contributed by atoms with van der Waals surface area (Å²) in [6, 6.07) is 14.2. The van der Waals surface area contributed by atoms with Crippen LogP contribution < -0.4 is 0 Å². The summed E-state index contributed by atoms with van der Waals surface area (Å²) in [7, 11) is 0. The Morgan fingerprint density at radius 2 is 1.68 bits per heavy atom. The van der Waals surface area contributed by atoms with Gasteiger partial charge < -0.3 is 0 Å². The van der Waals surface area contributed by atoms with Crippen LogP contribution in [0.3, 0.4) is 0 Å². The summed E-state index contributed by atoms with van der Waals surface area (Å²) in [5.74, 6) is 0. The molecule has 0 fully saturated rings. The van der Waals surface area contributed by atoms with Gasteiger partial charge in [-0.1, -0.05) is 30.0 Å². The van der Waals surface area contributed by atoms with Gasteiger partial charge in [-0.3, -0.25) is 0 Å².